The Hall–Kier alpha value is -2.89. The van der Waals surface area contributed by atoms with Gasteiger partial charge in [0.25, 0.3) is 0 Å². The molecule has 0 saturated carbocycles. The van der Waals surface area contributed by atoms with Crippen molar-refractivity contribution in [2.75, 3.05) is 7.11 Å². The smallest absolute Gasteiger partial charge is 0.373 e. The fraction of sp³-hybridized carbons (Fsp3) is 0.300. The van der Waals surface area contributed by atoms with Gasteiger partial charge in [0.15, 0.2) is 5.76 Å². The maximum absolute atomic E-state index is 13.1. The number of rotatable bonds is 5. The van der Waals surface area contributed by atoms with Crippen LogP contribution in [0.25, 0.3) is 0 Å². The number of halogens is 1. The number of esters is 1. The summed E-state index contributed by atoms with van der Waals surface area (Å²) in [6.07, 6.45) is 1.11. The van der Waals surface area contributed by atoms with Crippen molar-refractivity contribution >= 4 is 11.8 Å². The lowest BCUT2D eigenvalue weighted by Crippen LogP contribution is -2.09. The molecule has 5 nitrogen and oxygen atoms in total. The van der Waals surface area contributed by atoms with Gasteiger partial charge in [-0.1, -0.05) is 32.9 Å². The van der Waals surface area contributed by atoms with Crippen molar-refractivity contribution in [2.45, 2.75) is 32.6 Å². The van der Waals surface area contributed by atoms with E-state index in [1.165, 1.54) is 12.1 Å². The molecule has 26 heavy (non-hydrogen) atoms. The van der Waals surface area contributed by atoms with Gasteiger partial charge in [-0.15, -0.1) is 0 Å². The Kier molecular flexibility index (Phi) is 5.65. The Balaban J connectivity index is 2.43. The number of hydrogen-bond acceptors (Lipinski definition) is 5. The number of aliphatic hydroxyl groups excluding tert-OH is 1. The molecule has 0 aliphatic carbocycles. The summed E-state index contributed by atoms with van der Waals surface area (Å²) in [7, 11) is 1.10. The second-order valence-electron chi connectivity index (χ2n) is 6.90. The van der Waals surface area contributed by atoms with Gasteiger partial charge >= 0.3 is 5.97 Å². The van der Waals surface area contributed by atoms with Gasteiger partial charge in [0.2, 0.25) is 11.5 Å². The number of carbonyl (C=O) groups is 2. The van der Waals surface area contributed by atoms with E-state index in [9.17, 15) is 19.1 Å². The third kappa shape index (κ3) is 4.59. The highest BCUT2D eigenvalue weighted by atomic mass is 19.1. The molecule has 1 aromatic heterocycles. The van der Waals surface area contributed by atoms with Gasteiger partial charge in [0, 0.05) is 23.5 Å². The molecule has 0 saturated heterocycles. The fourth-order valence-electron chi connectivity index (χ4n) is 2.31. The molecular weight excluding hydrogens is 339 g/mol. The van der Waals surface area contributed by atoms with Gasteiger partial charge in [0.1, 0.15) is 11.6 Å². The lowest BCUT2D eigenvalue weighted by molar-refractivity contribution is -0.139. The normalized spacial score (nSPS) is 12.1. The van der Waals surface area contributed by atoms with Crippen LogP contribution < -0.4 is 0 Å². The number of ketones is 1. The Morgan fingerprint density at radius 2 is 1.85 bits per heavy atom. The van der Waals surface area contributed by atoms with E-state index in [1.54, 1.807) is 18.2 Å². The maximum atomic E-state index is 13.1. The molecule has 0 aliphatic rings. The summed E-state index contributed by atoms with van der Waals surface area (Å²) in [6, 6.07) is 7.68. The quantitative estimate of drug-likeness (QED) is 0.376. The van der Waals surface area contributed by atoms with Crippen LogP contribution in [-0.2, 0) is 21.4 Å². The molecule has 2 aromatic rings. The SMILES string of the molecule is COC(=O)/C(O)=C/C(=O)c1oc(C(C)(C)C)cc1Cc1ccc(F)cc1. The predicted octanol–water partition coefficient (Wildman–Crippen LogP) is 4.10. The van der Waals surface area contributed by atoms with Crippen LogP contribution in [0, 0.1) is 5.82 Å². The zero-order chi connectivity index (χ0) is 19.5. The minimum atomic E-state index is -1.01. The van der Waals surface area contributed by atoms with Crippen LogP contribution >= 0.6 is 0 Å². The van der Waals surface area contributed by atoms with Gasteiger partial charge in [-0.2, -0.15) is 0 Å². The first-order chi connectivity index (χ1) is 12.1. The second kappa shape index (κ2) is 7.56. The topological polar surface area (TPSA) is 76.7 Å². The molecule has 0 bridgehead atoms. The molecule has 0 unspecified atom stereocenters. The monoisotopic (exact) mass is 360 g/mol. The van der Waals surface area contributed by atoms with E-state index >= 15 is 0 Å². The fourth-order valence-corrected chi connectivity index (χ4v) is 2.31. The van der Waals surface area contributed by atoms with Crippen molar-refractivity contribution in [3.8, 4) is 0 Å². The van der Waals surface area contributed by atoms with Crippen molar-refractivity contribution in [3.05, 3.63) is 70.6 Å². The molecular formula is C20H21FO5. The number of hydrogen-bond donors (Lipinski definition) is 1. The zero-order valence-electron chi connectivity index (χ0n) is 15.1. The molecule has 138 valence electrons. The standard InChI is InChI=1S/C20H21FO5/c1-20(2,3)17-10-13(9-12-5-7-14(21)8-6-12)18(26-17)15(22)11-16(23)19(24)25-4/h5-8,10-11,23H,9H2,1-4H3/b16-11-. The van der Waals surface area contributed by atoms with Crippen molar-refractivity contribution in [3.63, 3.8) is 0 Å². The Morgan fingerprint density at radius 1 is 1.23 bits per heavy atom. The Morgan fingerprint density at radius 3 is 2.38 bits per heavy atom. The van der Waals surface area contributed by atoms with Crippen molar-refractivity contribution in [2.24, 2.45) is 0 Å². The summed E-state index contributed by atoms with van der Waals surface area (Å²) in [5.74, 6) is -2.21. The summed E-state index contributed by atoms with van der Waals surface area (Å²) in [6.45, 7) is 5.80. The van der Waals surface area contributed by atoms with Crippen molar-refractivity contribution < 1.29 is 28.2 Å². The summed E-state index contributed by atoms with van der Waals surface area (Å²) in [4.78, 5) is 23.8. The molecule has 1 N–H and O–H groups in total. The number of furan rings is 1. The predicted molar refractivity (Wildman–Crippen MR) is 93.7 cm³/mol. The highest BCUT2D eigenvalue weighted by molar-refractivity contribution is 6.07. The Bertz CT molecular complexity index is 838. The minimum Gasteiger partial charge on any atom is -0.502 e. The maximum Gasteiger partial charge on any atom is 0.373 e. The number of methoxy groups -OCH3 is 1. The van der Waals surface area contributed by atoms with Crippen LogP contribution in [0.3, 0.4) is 0 Å². The average Bonchev–Trinajstić information content (AvgIpc) is 3.00. The van der Waals surface area contributed by atoms with Gasteiger partial charge in [-0.25, -0.2) is 9.18 Å². The van der Waals surface area contributed by atoms with Crippen LogP contribution in [0.4, 0.5) is 4.39 Å². The van der Waals surface area contributed by atoms with E-state index < -0.39 is 17.5 Å². The molecule has 1 heterocycles. The van der Waals surface area contributed by atoms with Crippen LogP contribution in [0.2, 0.25) is 0 Å². The first kappa shape index (κ1) is 19.4. The molecule has 0 radical (unpaired) electrons. The van der Waals surface area contributed by atoms with E-state index in [1.807, 2.05) is 20.8 Å². The molecule has 0 fully saturated rings. The van der Waals surface area contributed by atoms with Gasteiger partial charge in [-0.3, -0.25) is 4.79 Å². The third-order valence-electron chi connectivity index (χ3n) is 3.74. The number of ether oxygens (including phenoxy) is 1. The summed E-state index contributed by atoms with van der Waals surface area (Å²) in [5.41, 5.74) is 1.04. The lowest BCUT2D eigenvalue weighted by atomic mass is 9.92. The zero-order valence-corrected chi connectivity index (χ0v) is 15.1. The van der Waals surface area contributed by atoms with E-state index in [0.717, 1.165) is 18.7 Å². The van der Waals surface area contributed by atoms with Crippen molar-refractivity contribution in [1.29, 1.82) is 0 Å². The first-order valence-corrected chi connectivity index (χ1v) is 8.02. The molecule has 0 amide bonds. The van der Waals surface area contributed by atoms with Gasteiger partial charge < -0.3 is 14.3 Å². The van der Waals surface area contributed by atoms with E-state index in [2.05, 4.69) is 4.74 Å². The minimum absolute atomic E-state index is 0.0229. The average molecular weight is 360 g/mol. The highest BCUT2D eigenvalue weighted by Crippen LogP contribution is 2.29. The molecule has 2 rings (SSSR count). The molecule has 1 aromatic carbocycles. The van der Waals surface area contributed by atoms with E-state index in [4.69, 9.17) is 4.42 Å². The van der Waals surface area contributed by atoms with Gasteiger partial charge in [0.05, 0.1) is 7.11 Å². The van der Waals surface area contributed by atoms with Crippen LogP contribution in [0.15, 0.2) is 46.6 Å². The summed E-state index contributed by atoms with van der Waals surface area (Å²) in [5, 5.41) is 9.61. The van der Waals surface area contributed by atoms with E-state index in [0.29, 0.717) is 17.7 Å². The first-order valence-electron chi connectivity index (χ1n) is 8.02. The van der Waals surface area contributed by atoms with E-state index in [-0.39, 0.29) is 17.0 Å². The number of aliphatic hydroxyl groups is 1. The largest absolute Gasteiger partial charge is 0.502 e. The number of benzene rings is 1. The molecule has 0 spiro atoms. The number of carbonyl (C=O) groups excluding carboxylic acids is 2. The Labute approximate surface area is 151 Å². The van der Waals surface area contributed by atoms with Crippen LogP contribution in [-0.4, -0.2) is 24.0 Å². The van der Waals surface area contributed by atoms with Gasteiger partial charge in [-0.05, 0) is 23.8 Å². The van der Waals surface area contributed by atoms with Crippen LogP contribution in [0.1, 0.15) is 48.2 Å². The molecule has 0 aliphatic heterocycles. The third-order valence-corrected chi connectivity index (χ3v) is 3.74. The van der Waals surface area contributed by atoms with Crippen LogP contribution in [0.5, 0.6) is 0 Å². The lowest BCUT2D eigenvalue weighted by Gasteiger charge is -2.13. The second-order valence-corrected chi connectivity index (χ2v) is 6.90. The highest BCUT2D eigenvalue weighted by Gasteiger charge is 2.25. The molecule has 0 atom stereocenters. The number of allylic oxidation sites excluding steroid dienone is 1. The molecule has 6 heteroatoms. The van der Waals surface area contributed by atoms with Crippen molar-refractivity contribution in [1.82, 2.24) is 0 Å². The summed E-state index contributed by atoms with van der Waals surface area (Å²) < 4.78 is 23.2. The summed E-state index contributed by atoms with van der Waals surface area (Å²) >= 11 is 0.